The predicted octanol–water partition coefficient (Wildman–Crippen LogP) is 12.8. The molecule has 0 aliphatic carbocycles. The second kappa shape index (κ2) is 15.8. The van der Waals surface area contributed by atoms with Crippen molar-refractivity contribution in [3.05, 3.63) is 86.5 Å². The molecule has 298 valence electrons. The molecule has 0 spiro atoms. The van der Waals surface area contributed by atoms with Gasteiger partial charge in [0, 0.05) is 40.2 Å². The highest BCUT2D eigenvalue weighted by Crippen LogP contribution is 2.56. The standard InChI is InChI=1S/C47H69O6P/c1-29-23-31(24-36(40(29)49-18)45(9,10)11)19-20-39(48)50-21-22-51-54-52-41-34(25-32(43(3,4)5)27-37(41)46(12,13)14)30(2)35-26-33(44(6,7)8)28-38(42(35)53-54)47(15,16)17/h23-28,30H,19-22H2,1-18H3. The van der Waals surface area contributed by atoms with Crippen molar-refractivity contribution in [3.8, 4) is 17.2 Å². The summed E-state index contributed by atoms with van der Waals surface area (Å²) in [5, 5.41) is 0. The maximum Gasteiger partial charge on any atom is 0.463 e. The molecule has 0 saturated carbocycles. The van der Waals surface area contributed by atoms with Crippen LogP contribution in [0, 0.1) is 6.92 Å². The topological polar surface area (TPSA) is 63.2 Å². The summed E-state index contributed by atoms with van der Waals surface area (Å²) in [4.78, 5) is 13.0. The number of esters is 1. The zero-order chi connectivity index (χ0) is 40.8. The highest BCUT2D eigenvalue weighted by atomic mass is 31.2. The third-order valence-corrected chi connectivity index (χ3v) is 11.4. The van der Waals surface area contributed by atoms with Gasteiger partial charge >= 0.3 is 14.6 Å². The number of aryl methyl sites for hydroxylation is 2. The molecule has 1 aliphatic heterocycles. The third kappa shape index (κ3) is 10.2. The molecule has 0 amide bonds. The van der Waals surface area contributed by atoms with Crippen LogP contribution in [-0.2, 0) is 47.6 Å². The van der Waals surface area contributed by atoms with Crippen LogP contribution < -0.4 is 13.8 Å². The molecule has 4 rings (SSSR count). The quantitative estimate of drug-likeness (QED) is 0.129. The molecule has 0 radical (unpaired) electrons. The van der Waals surface area contributed by atoms with Crippen LogP contribution in [0.2, 0.25) is 0 Å². The molecular weight excluding hydrogens is 691 g/mol. The van der Waals surface area contributed by atoms with E-state index < -0.39 is 8.60 Å². The molecule has 0 saturated heterocycles. The summed E-state index contributed by atoms with van der Waals surface area (Å²) in [6, 6.07) is 13.5. The van der Waals surface area contributed by atoms with Gasteiger partial charge in [0.25, 0.3) is 0 Å². The van der Waals surface area contributed by atoms with Gasteiger partial charge in [-0.05, 0) is 62.7 Å². The minimum absolute atomic E-state index is 0.00567. The first-order chi connectivity index (χ1) is 24.6. The third-order valence-electron chi connectivity index (χ3n) is 10.4. The van der Waals surface area contributed by atoms with Crippen molar-refractivity contribution in [2.45, 2.75) is 164 Å². The van der Waals surface area contributed by atoms with Crippen molar-refractivity contribution >= 4 is 14.6 Å². The summed E-state index contributed by atoms with van der Waals surface area (Å²) in [6.07, 6.45) is 0.850. The Labute approximate surface area is 329 Å². The molecule has 7 heteroatoms. The van der Waals surface area contributed by atoms with E-state index in [-0.39, 0.29) is 58.6 Å². The van der Waals surface area contributed by atoms with Crippen molar-refractivity contribution in [1.29, 1.82) is 0 Å². The van der Waals surface area contributed by atoms with Crippen LogP contribution in [0.25, 0.3) is 0 Å². The number of fused-ring (bicyclic) bond motifs is 2. The van der Waals surface area contributed by atoms with E-state index in [1.165, 1.54) is 11.1 Å². The first-order valence-corrected chi connectivity index (χ1v) is 20.7. The lowest BCUT2D eigenvalue weighted by Gasteiger charge is -2.36. The van der Waals surface area contributed by atoms with Crippen LogP contribution in [-0.4, -0.2) is 26.3 Å². The van der Waals surface area contributed by atoms with Crippen molar-refractivity contribution in [2.75, 3.05) is 20.3 Å². The zero-order valence-corrected chi connectivity index (χ0v) is 37.7. The maximum absolute atomic E-state index is 13.0. The number of ether oxygens (including phenoxy) is 2. The normalized spacial score (nSPS) is 16.7. The summed E-state index contributed by atoms with van der Waals surface area (Å²) < 4.78 is 31.7. The molecule has 3 aromatic carbocycles. The van der Waals surface area contributed by atoms with Gasteiger partial charge in [-0.15, -0.1) is 0 Å². The van der Waals surface area contributed by atoms with Crippen LogP contribution in [0.15, 0.2) is 36.4 Å². The molecule has 54 heavy (non-hydrogen) atoms. The predicted molar refractivity (Wildman–Crippen MR) is 225 cm³/mol. The largest absolute Gasteiger partial charge is 0.496 e. The first kappa shape index (κ1) is 43.6. The fourth-order valence-electron chi connectivity index (χ4n) is 6.92. The average molecular weight is 761 g/mol. The van der Waals surface area contributed by atoms with Crippen LogP contribution >= 0.6 is 8.60 Å². The number of methoxy groups -OCH3 is 1. The zero-order valence-electron chi connectivity index (χ0n) is 36.8. The van der Waals surface area contributed by atoms with Crippen molar-refractivity contribution in [1.82, 2.24) is 0 Å². The van der Waals surface area contributed by atoms with Crippen LogP contribution in [0.4, 0.5) is 0 Å². The molecule has 3 aromatic rings. The van der Waals surface area contributed by atoms with Gasteiger partial charge in [-0.25, -0.2) is 0 Å². The molecule has 1 heterocycles. The smallest absolute Gasteiger partial charge is 0.463 e. The van der Waals surface area contributed by atoms with Crippen molar-refractivity contribution in [3.63, 3.8) is 0 Å². The van der Waals surface area contributed by atoms with Gasteiger partial charge in [-0.3, -0.25) is 9.32 Å². The van der Waals surface area contributed by atoms with E-state index in [0.29, 0.717) is 6.42 Å². The minimum Gasteiger partial charge on any atom is -0.496 e. The Hall–Kier alpha value is -3.08. The first-order valence-electron chi connectivity index (χ1n) is 19.6. The molecule has 0 unspecified atom stereocenters. The van der Waals surface area contributed by atoms with E-state index in [4.69, 9.17) is 23.0 Å². The van der Waals surface area contributed by atoms with E-state index >= 15 is 0 Å². The second-order valence-corrected chi connectivity index (χ2v) is 21.4. The summed E-state index contributed by atoms with van der Waals surface area (Å²) in [5.74, 6) is 2.27. The van der Waals surface area contributed by atoms with Crippen LogP contribution in [0.5, 0.6) is 17.2 Å². The van der Waals surface area contributed by atoms with E-state index in [9.17, 15) is 4.79 Å². The van der Waals surface area contributed by atoms with Gasteiger partial charge in [0.1, 0.15) is 23.9 Å². The summed E-state index contributed by atoms with van der Waals surface area (Å²) >= 11 is 0. The lowest BCUT2D eigenvalue weighted by atomic mass is 9.74. The number of carbonyl (C=O) groups is 1. The Morgan fingerprint density at radius 1 is 0.648 bits per heavy atom. The van der Waals surface area contributed by atoms with Gasteiger partial charge in [0.2, 0.25) is 0 Å². The lowest BCUT2D eigenvalue weighted by molar-refractivity contribution is -0.144. The van der Waals surface area contributed by atoms with Crippen LogP contribution in [0.3, 0.4) is 0 Å². The number of rotatable bonds is 8. The summed E-state index contributed by atoms with van der Waals surface area (Å²) in [6.45, 7) is 38.0. The van der Waals surface area contributed by atoms with Crippen molar-refractivity contribution < 1.29 is 27.8 Å². The Morgan fingerprint density at radius 2 is 1.11 bits per heavy atom. The van der Waals surface area contributed by atoms with Gasteiger partial charge in [0.05, 0.1) is 13.7 Å². The fraction of sp³-hybridized carbons (Fsp3) is 0.596. The number of hydrogen-bond donors (Lipinski definition) is 0. The van der Waals surface area contributed by atoms with E-state index in [0.717, 1.165) is 56.2 Å². The Morgan fingerprint density at radius 3 is 1.52 bits per heavy atom. The van der Waals surface area contributed by atoms with Crippen LogP contribution in [0.1, 0.15) is 173 Å². The van der Waals surface area contributed by atoms with Gasteiger partial charge in [-0.1, -0.05) is 147 Å². The van der Waals surface area contributed by atoms with Crippen molar-refractivity contribution in [2.24, 2.45) is 0 Å². The highest BCUT2D eigenvalue weighted by Gasteiger charge is 2.37. The highest BCUT2D eigenvalue weighted by molar-refractivity contribution is 7.42. The maximum atomic E-state index is 13.0. The number of hydrogen-bond acceptors (Lipinski definition) is 6. The summed E-state index contributed by atoms with van der Waals surface area (Å²) in [5.41, 5.74) is 9.71. The molecule has 0 bridgehead atoms. The van der Waals surface area contributed by atoms with Gasteiger partial charge < -0.3 is 18.5 Å². The van der Waals surface area contributed by atoms with E-state index in [1.54, 1.807) is 7.11 Å². The van der Waals surface area contributed by atoms with E-state index in [1.807, 2.05) is 6.92 Å². The number of carbonyl (C=O) groups excluding carboxylic acids is 1. The molecule has 0 atom stereocenters. The Bertz CT molecular complexity index is 1740. The molecule has 0 fully saturated rings. The summed E-state index contributed by atoms with van der Waals surface area (Å²) in [7, 11) is -0.202. The minimum atomic E-state index is -1.91. The molecule has 0 N–H and O–H groups in total. The fourth-order valence-corrected chi connectivity index (χ4v) is 8.00. The SMILES string of the molecule is COc1c(C)cc(CCC(=O)OCCOP2Oc3c(cc(C(C)(C)C)cc3C(C)(C)C)C(C)c3cc(C(C)(C)C)cc(C(C)(C)C)c3O2)cc1C(C)(C)C. The molecule has 0 aromatic heterocycles. The van der Waals surface area contributed by atoms with Gasteiger partial charge in [0.15, 0.2) is 0 Å². The monoisotopic (exact) mass is 760 g/mol. The molecule has 6 nitrogen and oxygen atoms in total. The second-order valence-electron chi connectivity index (χ2n) is 20.3. The Balaban J connectivity index is 1.66. The van der Waals surface area contributed by atoms with E-state index in [2.05, 4.69) is 147 Å². The lowest BCUT2D eigenvalue weighted by Crippen LogP contribution is -2.23. The Kier molecular flexibility index (Phi) is 12.8. The molecular formula is C47H69O6P. The molecule has 1 aliphatic rings. The van der Waals surface area contributed by atoms with Gasteiger partial charge in [-0.2, -0.15) is 0 Å². The number of benzene rings is 3. The average Bonchev–Trinajstić information content (AvgIpc) is 3.01.